The molecular formula is C12H15NO3. The van der Waals surface area contributed by atoms with E-state index < -0.39 is 5.97 Å². The Morgan fingerprint density at radius 1 is 1.31 bits per heavy atom. The van der Waals surface area contributed by atoms with Gasteiger partial charge in [-0.25, -0.2) is 0 Å². The van der Waals surface area contributed by atoms with E-state index in [9.17, 15) is 9.59 Å². The molecule has 0 aliphatic carbocycles. The van der Waals surface area contributed by atoms with Crippen LogP contribution in [-0.2, 0) is 9.53 Å². The van der Waals surface area contributed by atoms with Gasteiger partial charge in [0.2, 0.25) is 0 Å². The molecule has 0 N–H and O–H groups in total. The highest BCUT2D eigenvalue weighted by molar-refractivity contribution is 6.06. The highest BCUT2D eigenvalue weighted by Crippen LogP contribution is 2.14. The smallest absolute Gasteiger partial charge is 0.313 e. The van der Waals surface area contributed by atoms with Crippen LogP contribution in [0.2, 0.25) is 0 Å². The first-order valence-corrected chi connectivity index (χ1v) is 4.92. The third kappa shape index (κ3) is 3.08. The van der Waals surface area contributed by atoms with Crippen molar-refractivity contribution >= 4 is 17.4 Å². The summed E-state index contributed by atoms with van der Waals surface area (Å²) < 4.78 is 4.45. The van der Waals surface area contributed by atoms with Crippen LogP contribution in [0.1, 0.15) is 16.8 Å². The molecule has 1 aromatic rings. The number of ether oxygens (including phenoxy) is 1. The lowest BCUT2D eigenvalue weighted by atomic mass is 10.1. The quantitative estimate of drug-likeness (QED) is 0.439. The third-order valence-corrected chi connectivity index (χ3v) is 2.22. The molecule has 0 amide bonds. The van der Waals surface area contributed by atoms with Crippen molar-refractivity contribution in [2.24, 2.45) is 0 Å². The second-order valence-corrected chi connectivity index (χ2v) is 3.62. The van der Waals surface area contributed by atoms with Crippen molar-refractivity contribution < 1.29 is 14.3 Å². The lowest BCUT2D eigenvalue weighted by Gasteiger charge is -2.12. The second kappa shape index (κ2) is 5.30. The molecule has 0 spiro atoms. The number of benzene rings is 1. The third-order valence-electron chi connectivity index (χ3n) is 2.22. The van der Waals surface area contributed by atoms with Crippen LogP contribution in [0.4, 0.5) is 5.69 Å². The van der Waals surface area contributed by atoms with Gasteiger partial charge < -0.3 is 9.64 Å². The van der Waals surface area contributed by atoms with Crippen LogP contribution in [0.25, 0.3) is 0 Å². The fraction of sp³-hybridized carbons (Fsp3) is 0.333. The molecule has 86 valence electrons. The number of hydrogen-bond acceptors (Lipinski definition) is 4. The molecular weight excluding hydrogens is 206 g/mol. The molecule has 0 unspecified atom stereocenters. The lowest BCUT2D eigenvalue weighted by Crippen LogP contribution is -2.12. The van der Waals surface area contributed by atoms with Gasteiger partial charge in [-0.2, -0.15) is 0 Å². The number of methoxy groups -OCH3 is 1. The number of carbonyl (C=O) groups is 2. The number of anilines is 1. The minimum atomic E-state index is -0.514. The Hall–Kier alpha value is -1.84. The van der Waals surface area contributed by atoms with E-state index in [0.717, 1.165) is 5.69 Å². The monoisotopic (exact) mass is 221 g/mol. The summed E-state index contributed by atoms with van der Waals surface area (Å²) >= 11 is 0. The van der Waals surface area contributed by atoms with Gasteiger partial charge in [0.05, 0.1) is 7.11 Å². The maximum absolute atomic E-state index is 11.7. The normalized spacial score (nSPS) is 9.69. The van der Waals surface area contributed by atoms with Crippen LogP contribution in [0.3, 0.4) is 0 Å². The fourth-order valence-electron chi connectivity index (χ4n) is 1.26. The molecule has 0 radical (unpaired) electrons. The minimum absolute atomic E-state index is 0.215. The van der Waals surface area contributed by atoms with E-state index in [1.54, 1.807) is 18.2 Å². The summed E-state index contributed by atoms with van der Waals surface area (Å²) in [5.41, 5.74) is 1.45. The topological polar surface area (TPSA) is 46.6 Å². The van der Waals surface area contributed by atoms with Gasteiger partial charge in [0, 0.05) is 25.3 Å². The van der Waals surface area contributed by atoms with Crippen LogP contribution < -0.4 is 4.90 Å². The van der Waals surface area contributed by atoms with Gasteiger partial charge in [0.15, 0.2) is 5.78 Å². The maximum atomic E-state index is 11.7. The number of rotatable bonds is 4. The largest absolute Gasteiger partial charge is 0.469 e. The Bertz CT molecular complexity index is 399. The van der Waals surface area contributed by atoms with Gasteiger partial charge in [-0.15, -0.1) is 0 Å². The van der Waals surface area contributed by atoms with Crippen molar-refractivity contribution in [3.8, 4) is 0 Å². The predicted molar refractivity (Wildman–Crippen MR) is 61.7 cm³/mol. The van der Waals surface area contributed by atoms with Crippen LogP contribution >= 0.6 is 0 Å². The van der Waals surface area contributed by atoms with E-state index in [0.29, 0.717) is 5.56 Å². The molecule has 0 atom stereocenters. The standard InChI is InChI=1S/C12H15NO3/c1-13(2)10-6-4-5-9(7-10)11(14)8-12(15)16-3/h4-7H,8H2,1-3H3. The molecule has 0 bridgehead atoms. The lowest BCUT2D eigenvalue weighted by molar-refractivity contribution is -0.139. The molecule has 0 aliphatic heterocycles. The second-order valence-electron chi connectivity index (χ2n) is 3.62. The van der Waals surface area contributed by atoms with Crippen molar-refractivity contribution in [2.75, 3.05) is 26.1 Å². The summed E-state index contributed by atoms with van der Waals surface area (Å²) in [6.45, 7) is 0. The molecule has 0 saturated heterocycles. The van der Waals surface area contributed by atoms with Crippen molar-refractivity contribution in [3.05, 3.63) is 29.8 Å². The summed E-state index contributed by atoms with van der Waals surface area (Å²) in [4.78, 5) is 24.5. The molecule has 0 fully saturated rings. The summed E-state index contributed by atoms with van der Waals surface area (Å²) in [7, 11) is 5.06. The first-order chi connectivity index (χ1) is 7.54. The van der Waals surface area contributed by atoms with Crippen molar-refractivity contribution in [3.63, 3.8) is 0 Å². The SMILES string of the molecule is COC(=O)CC(=O)c1cccc(N(C)C)c1. The number of carbonyl (C=O) groups excluding carboxylic acids is 2. The molecule has 1 rings (SSSR count). The minimum Gasteiger partial charge on any atom is -0.469 e. The number of ketones is 1. The number of esters is 1. The van der Waals surface area contributed by atoms with E-state index in [-0.39, 0.29) is 12.2 Å². The Balaban J connectivity index is 2.83. The highest BCUT2D eigenvalue weighted by atomic mass is 16.5. The van der Waals surface area contributed by atoms with Crippen LogP contribution in [0.15, 0.2) is 24.3 Å². The summed E-state index contributed by atoms with van der Waals surface area (Å²) in [5, 5.41) is 0. The molecule has 1 aromatic carbocycles. The first-order valence-electron chi connectivity index (χ1n) is 4.92. The zero-order valence-electron chi connectivity index (χ0n) is 9.69. The van der Waals surface area contributed by atoms with Crippen LogP contribution in [0.5, 0.6) is 0 Å². The van der Waals surface area contributed by atoms with Crippen LogP contribution in [-0.4, -0.2) is 33.0 Å². The van der Waals surface area contributed by atoms with Crippen molar-refractivity contribution in [1.29, 1.82) is 0 Å². The van der Waals surface area contributed by atoms with Crippen molar-refractivity contribution in [2.45, 2.75) is 6.42 Å². The molecule has 0 heterocycles. The Morgan fingerprint density at radius 3 is 2.56 bits per heavy atom. The molecule has 4 nitrogen and oxygen atoms in total. The number of nitrogens with zero attached hydrogens (tertiary/aromatic N) is 1. The van der Waals surface area contributed by atoms with Gasteiger partial charge in [0.1, 0.15) is 6.42 Å². The molecule has 0 aliphatic rings. The Kier molecular flexibility index (Phi) is 4.05. The average molecular weight is 221 g/mol. The molecule has 0 saturated carbocycles. The fourth-order valence-corrected chi connectivity index (χ4v) is 1.26. The molecule has 16 heavy (non-hydrogen) atoms. The van der Waals surface area contributed by atoms with Gasteiger partial charge in [-0.05, 0) is 12.1 Å². The Morgan fingerprint density at radius 2 is 2.00 bits per heavy atom. The van der Waals surface area contributed by atoms with Crippen LogP contribution in [0, 0.1) is 0 Å². The summed E-state index contributed by atoms with van der Waals surface area (Å²) in [6.07, 6.45) is -0.215. The summed E-state index contributed by atoms with van der Waals surface area (Å²) in [5.74, 6) is -0.740. The van der Waals surface area contributed by atoms with Gasteiger partial charge >= 0.3 is 5.97 Å². The summed E-state index contributed by atoms with van der Waals surface area (Å²) in [6, 6.07) is 7.14. The van der Waals surface area contributed by atoms with E-state index in [1.807, 2.05) is 25.1 Å². The van der Waals surface area contributed by atoms with E-state index in [1.165, 1.54) is 7.11 Å². The van der Waals surface area contributed by atoms with E-state index in [4.69, 9.17) is 0 Å². The number of Topliss-reactive ketones (excluding diaryl/α,β-unsaturated/α-hetero) is 1. The maximum Gasteiger partial charge on any atom is 0.313 e. The predicted octanol–water partition coefficient (Wildman–Crippen LogP) is 1.50. The van der Waals surface area contributed by atoms with Gasteiger partial charge in [0.25, 0.3) is 0 Å². The zero-order chi connectivity index (χ0) is 12.1. The average Bonchev–Trinajstić information content (AvgIpc) is 2.28. The van der Waals surface area contributed by atoms with Crippen molar-refractivity contribution in [1.82, 2.24) is 0 Å². The molecule has 4 heteroatoms. The zero-order valence-corrected chi connectivity index (χ0v) is 9.69. The Labute approximate surface area is 94.8 Å². The van der Waals surface area contributed by atoms with Gasteiger partial charge in [-0.1, -0.05) is 12.1 Å². The molecule has 0 aromatic heterocycles. The van der Waals surface area contributed by atoms with E-state index >= 15 is 0 Å². The van der Waals surface area contributed by atoms with E-state index in [2.05, 4.69) is 4.74 Å². The highest BCUT2D eigenvalue weighted by Gasteiger charge is 2.12. The first kappa shape index (κ1) is 12.2. The van der Waals surface area contributed by atoms with Gasteiger partial charge in [-0.3, -0.25) is 9.59 Å². The number of hydrogen-bond donors (Lipinski definition) is 0.